The van der Waals surface area contributed by atoms with Gasteiger partial charge in [-0.1, -0.05) is 0 Å². The first-order chi connectivity index (χ1) is 8.99. The first kappa shape index (κ1) is 14.8. The molecule has 0 aromatic heterocycles. The fourth-order valence-corrected chi connectivity index (χ4v) is 3.70. The smallest absolute Gasteiger partial charge is 0.237 e. The third-order valence-electron chi connectivity index (χ3n) is 4.55. The Balaban J connectivity index is 1.88. The molecule has 4 heteroatoms. The number of nitrogens with one attached hydrogen (secondary N) is 1. The van der Waals surface area contributed by atoms with Crippen LogP contribution in [0.5, 0.6) is 0 Å². The molecule has 1 amide bonds. The van der Waals surface area contributed by atoms with Crippen molar-refractivity contribution in [3.05, 3.63) is 0 Å². The number of nitrogens with zero attached hydrogens (tertiary/aromatic N) is 2. The van der Waals surface area contributed by atoms with Crippen LogP contribution in [0.1, 0.15) is 34.1 Å². The van der Waals surface area contributed by atoms with Crippen LogP contribution in [0, 0.1) is 11.8 Å². The van der Waals surface area contributed by atoms with Crippen LogP contribution in [0.4, 0.5) is 0 Å². The highest BCUT2D eigenvalue weighted by Gasteiger charge is 2.34. The number of fused-ring (bicyclic) bond motifs is 1. The van der Waals surface area contributed by atoms with Crippen molar-refractivity contribution < 1.29 is 4.79 Å². The second-order valence-electron chi connectivity index (χ2n) is 6.69. The first-order valence-electron chi connectivity index (χ1n) is 7.73. The van der Waals surface area contributed by atoms with Crippen LogP contribution in [-0.2, 0) is 4.79 Å². The van der Waals surface area contributed by atoms with Gasteiger partial charge in [0.25, 0.3) is 0 Å². The summed E-state index contributed by atoms with van der Waals surface area (Å²) in [6.07, 6.45) is 1.24. The van der Waals surface area contributed by atoms with E-state index >= 15 is 0 Å². The Labute approximate surface area is 117 Å². The van der Waals surface area contributed by atoms with E-state index < -0.39 is 0 Å². The molecule has 2 heterocycles. The molecular weight excluding hydrogens is 238 g/mol. The van der Waals surface area contributed by atoms with Crippen molar-refractivity contribution in [2.45, 2.75) is 46.2 Å². The Hall–Kier alpha value is -0.610. The van der Waals surface area contributed by atoms with Crippen LogP contribution in [0.15, 0.2) is 0 Å². The molecule has 2 rings (SSSR count). The van der Waals surface area contributed by atoms with Crippen molar-refractivity contribution in [1.29, 1.82) is 0 Å². The van der Waals surface area contributed by atoms with E-state index in [1.54, 1.807) is 0 Å². The van der Waals surface area contributed by atoms with Gasteiger partial charge < -0.3 is 10.2 Å². The lowest BCUT2D eigenvalue weighted by Gasteiger charge is -2.37. The Kier molecular flexibility index (Phi) is 4.85. The molecule has 1 N–H and O–H groups in total. The van der Waals surface area contributed by atoms with Crippen molar-refractivity contribution in [3.63, 3.8) is 0 Å². The molecule has 0 bridgehead atoms. The highest BCUT2D eigenvalue weighted by molar-refractivity contribution is 5.78. The van der Waals surface area contributed by atoms with Gasteiger partial charge in [-0.3, -0.25) is 9.69 Å². The molecule has 19 heavy (non-hydrogen) atoms. The van der Waals surface area contributed by atoms with Crippen molar-refractivity contribution in [2.24, 2.45) is 11.8 Å². The summed E-state index contributed by atoms with van der Waals surface area (Å²) in [5.74, 6) is 1.89. The quantitative estimate of drug-likeness (QED) is 0.830. The number of carbonyl (C=O) groups is 1. The number of likely N-dealkylation sites (tertiary alicyclic amines) is 1. The van der Waals surface area contributed by atoms with Gasteiger partial charge in [-0.2, -0.15) is 0 Å². The molecule has 0 aromatic rings. The van der Waals surface area contributed by atoms with Crippen LogP contribution < -0.4 is 5.32 Å². The lowest BCUT2D eigenvalue weighted by atomic mass is 9.89. The van der Waals surface area contributed by atoms with Gasteiger partial charge in [-0.25, -0.2) is 0 Å². The Morgan fingerprint density at radius 2 is 1.84 bits per heavy atom. The number of hydrogen-bond donors (Lipinski definition) is 1. The monoisotopic (exact) mass is 267 g/mol. The molecule has 2 aliphatic rings. The lowest BCUT2D eigenvalue weighted by molar-refractivity contribution is -0.136. The Morgan fingerprint density at radius 3 is 2.47 bits per heavy atom. The molecule has 0 aliphatic carbocycles. The number of hydrogen-bond acceptors (Lipinski definition) is 3. The van der Waals surface area contributed by atoms with E-state index in [0.717, 1.165) is 31.5 Å². The summed E-state index contributed by atoms with van der Waals surface area (Å²) < 4.78 is 0. The van der Waals surface area contributed by atoms with Crippen LogP contribution in [-0.4, -0.2) is 60.5 Å². The van der Waals surface area contributed by atoms with Gasteiger partial charge in [0.1, 0.15) is 0 Å². The van der Waals surface area contributed by atoms with Gasteiger partial charge in [-0.15, -0.1) is 0 Å². The standard InChI is InChI=1S/C15H29N3O/c1-11(2)18(12(3)4)15(19)10-17-6-5-13-7-16-8-14(13)9-17/h11-14,16H,5-10H2,1-4H3. The number of carbonyl (C=O) groups excluding carboxylic acids is 1. The number of piperidine rings is 1. The number of amides is 1. The first-order valence-corrected chi connectivity index (χ1v) is 7.73. The third kappa shape index (κ3) is 3.48. The average molecular weight is 267 g/mol. The SMILES string of the molecule is CC(C)N(C(=O)CN1CCC2CNCC2C1)C(C)C. The van der Waals surface area contributed by atoms with Gasteiger partial charge in [0, 0.05) is 18.6 Å². The van der Waals surface area contributed by atoms with Gasteiger partial charge in [0.15, 0.2) is 0 Å². The predicted octanol–water partition coefficient (Wildman–Crippen LogP) is 1.17. The van der Waals surface area contributed by atoms with E-state index in [1.807, 2.05) is 4.90 Å². The molecule has 0 radical (unpaired) electrons. The summed E-state index contributed by atoms with van der Waals surface area (Å²) in [4.78, 5) is 16.8. The second-order valence-corrected chi connectivity index (χ2v) is 6.69. The van der Waals surface area contributed by atoms with Gasteiger partial charge in [0.05, 0.1) is 6.54 Å². The third-order valence-corrected chi connectivity index (χ3v) is 4.55. The molecule has 4 nitrogen and oxygen atoms in total. The largest absolute Gasteiger partial charge is 0.337 e. The summed E-state index contributed by atoms with van der Waals surface area (Å²) >= 11 is 0. The maximum absolute atomic E-state index is 12.5. The minimum atomic E-state index is 0.286. The fourth-order valence-electron chi connectivity index (χ4n) is 3.70. The summed E-state index contributed by atoms with van der Waals surface area (Å²) in [6.45, 7) is 13.5. The Morgan fingerprint density at radius 1 is 1.21 bits per heavy atom. The predicted molar refractivity (Wildman–Crippen MR) is 78.0 cm³/mol. The molecule has 0 saturated carbocycles. The number of rotatable bonds is 4. The summed E-state index contributed by atoms with van der Waals surface area (Å²) in [5, 5.41) is 3.48. The fraction of sp³-hybridized carbons (Fsp3) is 0.933. The van der Waals surface area contributed by atoms with Crippen LogP contribution in [0.2, 0.25) is 0 Å². The summed E-state index contributed by atoms with van der Waals surface area (Å²) in [5.41, 5.74) is 0. The molecule has 0 aromatic carbocycles. The minimum absolute atomic E-state index is 0.286. The van der Waals surface area contributed by atoms with Crippen molar-refractivity contribution in [1.82, 2.24) is 15.1 Å². The maximum Gasteiger partial charge on any atom is 0.237 e. The zero-order chi connectivity index (χ0) is 14.0. The molecular formula is C15H29N3O. The van der Waals surface area contributed by atoms with Crippen molar-refractivity contribution >= 4 is 5.91 Å². The molecule has 2 fully saturated rings. The highest BCUT2D eigenvalue weighted by atomic mass is 16.2. The molecule has 110 valence electrons. The van der Waals surface area contributed by atoms with Gasteiger partial charge in [0.2, 0.25) is 5.91 Å². The van der Waals surface area contributed by atoms with E-state index in [2.05, 4.69) is 37.9 Å². The topological polar surface area (TPSA) is 35.6 Å². The minimum Gasteiger partial charge on any atom is -0.337 e. The van der Waals surface area contributed by atoms with E-state index in [0.29, 0.717) is 6.54 Å². The van der Waals surface area contributed by atoms with Crippen LogP contribution in [0.3, 0.4) is 0 Å². The highest BCUT2D eigenvalue weighted by Crippen LogP contribution is 2.26. The normalized spacial score (nSPS) is 27.9. The Bertz CT molecular complexity index is 309. The van der Waals surface area contributed by atoms with E-state index in [4.69, 9.17) is 0 Å². The molecule has 2 aliphatic heterocycles. The zero-order valence-electron chi connectivity index (χ0n) is 12.9. The average Bonchev–Trinajstić information content (AvgIpc) is 2.74. The molecule has 2 saturated heterocycles. The zero-order valence-corrected chi connectivity index (χ0v) is 12.9. The maximum atomic E-state index is 12.5. The van der Waals surface area contributed by atoms with Crippen molar-refractivity contribution in [3.8, 4) is 0 Å². The van der Waals surface area contributed by atoms with E-state index in [9.17, 15) is 4.79 Å². The van der Waals surface area contributed by atoms with Gasteiger partial charge in [-0.05, 0) is 65.6 Å². The van der Waals surface area contributed by atoms with E-state index in [1.165, 1.54) is 13.0 Å². The molecule has 2 unspecified atom stereocenters. The van der Waals surface area contributed by atoms with E-state index in [-0.39, 0.29) is 18.0 Å². The van der Waals surface area contributed by atoms with Crippen LogP contribution >= 0.6 is 0 Å². The van der Waals surface area contributed by atoms with Crippen molar-refractivity contribution in [2.75, 3.05) is 32.7 Å². The molecule has 0 spiro atoms. The summed E-state index contributed by atoms with van der Waals surface area (Å²) in [7, 11) is 0. The second kappa shape index (κ2) is 6.23. The van der Waals surface area contributed by atoms with Gasteiger partial charge >= 0.3 is 0 Å². The van der Waals surface area contributed by atoms with Crippen LogP contribution in [0.25, 0.3) is 0 Å². The summed E-state index contributed by atoms with van der Waals surface area (Å²) in [6, 6.07) is 0.580. The molecule has 2 atom stereocenters. The lowest BCUT2D eigenvalue weighted by Crippen LogP contribution is -2.50.